The Morgan fingerprint density at radius 2 is 2.25 bits per heavy atom. The zero-order valence-electron chi connectivity index (χ0n) is 10.0. The first kappa shape index (κ1) is 12.8. The fourth-order valence-electron chi connectivity index (χ4n) is 1.87. The van der Waals surface area contributed by atoms with E-state index in [1.165, 1.54) is 0 Å². The van der Waals surface area contributed by atoms with E-state index in [4.69, 9.17) is 4.42 Å². The Labute approximate surface area is 95.9 Å². The lowest BCUT2D eigenvalue weighted by Gasteiger charge is -2.29. The fraction of sp³-hybridized carbons (Fsp3) is 0.583. The highest BCUT2D eigenvalue weighted by Crippen LogP contribution is 2.15. The summed E-state index contributed by atoms with van der Waals surface area (Å²) in [5, 5.41) is 9.20. The molecule has 90 valence electrons. The average Bonchev–Trinajstić information content (AvgIpc) is 2.68. The predicted octanol–water partition coefficient (Wildman–Crippen LogP) is 2.21. The molecule has 0 aliphatic rings. The van der Waals surface area contributed by atoms with E-state index in [0.29, 0.717) is 13.1 Å². The van der Waals surface area contributed by atoms with Gasteiger partial charge < -0.3 is 9.52 Å². The molecule has 0 aromatic carbocycles. The van der Waals surface area contributed by atoms with Crippen LogP contribution in [0, 0.1) is 5.92 Å². The maximum absolute atomic E-state index is 11.2. The number of carbonyl (C=O) groups is 1. The number of rotatable bonds is 6. The van der Waals surface area contributed by atoms with Gasteiger partial charge in [-0.25, -0.2) is 0 Å². The minimum Gasteiger partial charge on any atom is -0.480 e. The number of nitrogens with zero attached hydrogens (tertiary/aromatic N) is 1. The summed E-state index contributed by atoms with van der Waals surface area (Å²) in [5.74, 6) is 0.101. The molecule has 0 aliphatic heterocycles. The molecule has 1 atom stereocenters. The van der Waals surface area contributed by atoms with Crippen LogP contribution in [0.15, 0.2) is 22.8 Å². The van der Waals surface area contributed by atoms with Gasteiger partial charge in [0.25, 0.3) is 0 Å². The predicted molar refractivity (Wildman–Crippen MR) is 61.1 cm³/mol. The molecule has 0 fully saturated rings. The van der Waals surface area contributed by atoms with Crippen molar-refractivity contribution in [1.29, 1.82) is 0 Å². The minimum absolute atomic E-state index is 0.0763. The zero-order valence-corrected chi connectivity index (χ0v) is 10.0. The van der Waals surface area contributed by atoms with Crippen molar-refractivity contribution in [3.8, 4) is 0 Å². The highest BCUT2D eigenvalue weighted by molar-refractivity contribution is 5.73. The lowest BCUT2D eigenvalue weighted by atomic mass is 10.0. The van der Waals surface area contributed by atoms with Crippen LogP contribution in [0.3, 0.4) is 0 Å². The van der Waals surface area contributed by atoms with Crippen LogP contribution in [0.5, 0.6) is 0 Å². The van der Waals surface area contributed by atoms with Crippen LogP contribution in [-0.4, -0.2) is 28.6 Å². The third-order valence-corrected chi connectivity index (χ3v) is 2.62. The van der Waals surface area contributed by atoms with Gasteiger partial charge in [0.2, 0.25) is 0 Å². The second-order valence-corrected chi connectivity index (χ2v) is 4.17. The quantitative estimate of drug-likeness (QED) is 0.806. The second-order valence-electron chi connectivity index (χ2n) is 4.17. The van der Waals surface area contributed by atoms with Crippen molar-refractivity contribution in [2.75, 3.05) is 6.54 Å². The highest BCUT2D eigenvalue weighted by Gasteiger charge is 2.28. The van der Waals surface area contributed by atoms with E-state index >= 15 is 0 Å². The van der Waals surface area contributed by atoms with Gasteiger partial charge in [-0.15, -0.1) is 0 Å². The maximum atomic E-state index is 11.2. The van der Waals surface area contributed by atoms with Gasteiger partial charge in [0, 0.05) is 0 Å². The molecule has 1 aromatic rings. The van der Waals surface area contributed by atoms with E-state index in [1.54, 1.807) is 6.26 Å². The van der Waals surface area contributed by atoms with Crippen LogP contribution < -0.4 is 0 Å². The molecular weight excluding hydrogens is 206 g/mol. The topological polar surface area (TPSA) is 53.7 Å². The molecule has 1 heterocycles. The lowest BCUT2D eigenvalue weighted by molar-refractivity contribution is -0.145. The number of furan rings is 1. The van der Waals surface area contributed by atoms with Gasteiger partial charge in [-0.3, -0.25) is 9.69 Å². The van der Waals surface area contributed by atoms with Gasteiger partial charge in [-0.2, -0.15) is 0 Å². The smallest absolute Gasteiger partial charge is 0.321 e. The summed E-state index contributed by atoms with van der Waals surface area (Å²) in [6, 6.07) is 3.21. The molecule has 0 aliphatic carbocycles. The molecule has 4 heteroatoms. The Hall–Kier alpha value is -1.29. The first-order chi connectivity index (χ1) is 7.56. The number of carboxylic acid groups (broad SMARTS) is 1. The Morgan fingerprint density at radius 1 is 1.56 bits per heavy atom. The summed E-state index contributed by atoms with van der Waals surface area (Å²) in [7, 11) is 0. The molecule has 1 rings (SSSR count). The summed E-state index contributed by atoms with van der Waals surface area (Å²) >= 11 is 0. The van der Waals surface area contributed by atoms with Crippen molar-refractivity contribution >= 4 is 5.97 Å². The van der Waals surface area contributed by atoms with Crippen molar-refractivity contribution in [1.82, 2.24) is 4.90 Å². The first-order valence-electron chi connectivity index (χ1n) is 5.55. The van der Waals surface area contributed by atoms with Crippen molar-refractivity contribution in [2.45, 2.75) is 33.4 Å². The largest absolute Gasteiger partial charge is 0.480 e. The van der Waals surface area contributed by atoms with E-state index < -0.39 is 12.0 Å². The summed E-state index contributed by atoms with van der Waals surface area (Å²) in [6.45, 7) is 7.03. The normalized spacial score (nSPS) is 13.3. The number of likely N-dealkylation sites (N-methyl/N-ethyl adjacent to an activating group) is 1. The number of hydrogen-bond acceptors (Lipinski definition) is 3. The van der Waals surface area contributed by atoms with Gasteiger partial charge in [0.1, 0.15) is 11.8 Å². The molecule has 0 saturated heterocycles. The van der Waals surface area contributed by atoms with Crippen molar-refractivity contribution in [3.05, 3.63) is 24.2 Å². The van der Waals surface area contributed by atoms with Crippen LogP contribution in [0.2, 0.25) is 0 Å². The first-order valence-corrected chi connectivity index (χ1v) is 5.55. The van der Waals surface area contributed by atoms with Gasteiger partial charge in [-0.05, 0) is 24.6 Å². The Morgan fingerprint density at radius 3 is 2.62 bits per heavy atom. The van der Waals surface area contributed by atoms with Crippen LogP contribution in [0.25, 0.3) is 0 Å². The summed E-state index contributed by atoms with van der Waals surface area (Å²) in [4.78, 5) is 13.1. The van der Waals surface area contributed by atoms with Crippen LogP contribution in [-0.2, 0) is 11.3 Å². The van der Waals surface area contributed by atoms with Crippen molar-refractivity contribution < 1.29 is 14.3 Å². The van der Waals surface area contributed by atoms with Gasteiger partial charge in [-0.1, -0.05) is 20.8 Å². The molecule has 1 unspecified atom stereocenters. The number of carboxylic acids is 1. The molecule has 4 nitrogen and oxygen atoms in total. The fourth-order valence-corrected chi connectivity index (χ4v) is 1.87. The van der Waals surface area contributed by atoms with Crippen molar-refractivity contribution in [3.63, 3.8) is 0 Å². The molecule has 0 saturated carbocycles. The van der Waals surface area contributed by atoms with E-state index in [9.17, 15) is 9.90 Å². The Kier molecular flexibility index (Phi) is 4.55. The Bertz CT molecular complexity index is 319. The van der Waals surface area contributed by atoms with E-state index in [1.807, 2.05) is 37.8 Å². The van der Waals surface area contributed by atoms with Gasteiger partial charge in [0.15, 0.2) is 0 Å². The molecule has 0 bridgehead atoms. The molecule has 16 heavy (non-hydrogen) atoms. The van der Waals surface area contributed by atoms with E-state index in [-0.39, 0.29) is 5.92 Å². The molecule has 1 N–H and O–H groups in total. The molecule has 0 amide bonds. The number of hydrogen-bond donors (Lipinski definition) is 1. The van der Waals surface area contributed by atoms with Crippen LogP contribution >= 0.6 is 0 Å². The molecule has 0 radical (unpaired) electrons. The van der Waals surface area contributed by atoms with Gasteiger partial charge >= 0.3 is 5.97 Å². The third-order valence-electron chi connectivity index (χ3n) is 2.62. The molecule has 1 aromatic heterocycles. The lowest BCUT2D eigenvalue weighted by Crippen LogP contribution is -2.44. The highest BCUT2D eigenvalue weighted by atomic mass is 16.4. The van der Waals surface area contributed by atoms with E-state index in [0.717, 1.165) is 5.76 Å². The average molecular weight is 225 g/mol. The maximum Gasteiger partial charge on any atom is 0.321 e. The van der Waals surface area contributed by atoms with E-state index in [2.05, 4.69) is 0 Å². The summed E-state index contributed by atoms with van der Waals surface area (Å²) in [5.41, 5.74) is 0. The van der Waals surface area contributed by atoms with Crippen LogP contribution in [0.1, 0.15) is 26.5 Å². The number of aliphatic carboxylic acids is 1. The Balaban J connectivity index is 2.75. The monoisotopic (exact) mass is 225 g/mol. The van der Waals surface area contributed by atoms with Crippen LogP contribution in [0.4, 0.5) is 0 Å². The van der Waals surface area contributed by atoms with Gasteiger partial charge in [0.05, 0.1) is 12.8 Å². The molecular formula is C12H19NO3. The standard InChI is InChI=1S/C12H19NO3/c1-4-13(8-10-6-5-7-16-10)11(9(2)3)12(14)15/h5-7,9,11H,4,8H2,1-3H3,(H,14,15). The minimum atomic E-state index is -0.775. The SMILES string of the molecule is CCN(Cc1ccco1)C(C(=O)O)C(C)C. The summed E-state index contributed by atoms with van der Waals surface area (Å²) in [6.07, 6.45) is 1.61. The summed E-state index contributed by atoms with van der Waals surface area (Å²) < 4.78 is 5.24. The second kappa shape index (κ2) is 5.70. The zero-order chi connectivity index (χ0) is 12.1. The third kappa shape index (κ3) is 3.10. The molecule has 0 spiro atoms. The van der Waals surface area contributed by atoms with Crippen molar-refractivity contribution in [2.24, 2.45) is 5.92 Å².